The average Bonchev–Trinajstić information content (AvgIpc) is 2.73. The van der Waals surface area contributed by atoms with E-state index in [1.165, 1.54) is 0 Å². The van der Waals surface area contributed by atoms with Gasteiger partial charge in [0.25, 0.3) is 0 Å². The highest BCUT2D eigenvalue weighted by atomic mass is 35.5. The molecule has 0 fully saturated rings. The molecule has 0 saturated carbocycles. The zero-order valence-corrected chi connectivity index (χ0v) is 13.8. The lowest BCUT2D eigenvalue weighted by molar-refractivity contribution is -0.122. The first-order chi connectivity index (χ1) is 9.13. The Bertz CT molecular complexity index is 585. The van der Waals surface area contributed by atoms with Gasteiger partial charge in [-0.15, -0.1) is 24.8 Å². The van der Waals surface area contributed by atoms with Crippen LogP contribution in [0.4, 0.5) is 0 Å². The third-order valence-electron chi connectivity index (χ3n) is 3.24. The van der Waals surface area contributed by atoms with E-state index in [9.17, 15) is 4.79 Å². The van der Waals surface area contributed by atoms with Gasteiger partial charge in [-0.05, 0) is 18.6 Å². The van der Waals surface area contributed by atoms with Gasteiger partial charge < -0.3 is 15.6 Å². The van der Waals surface area contributed by atoms with Gasteiger partial charge in [-0.1, -0.05) is 25.5 Å². The lowest BCUT2D eigenvalue weighted by Gasteiger charge is -2.10. The number of carbonyl (C=O) groups is 1. The van der Waals surface area contributed by atoms with Crippen molar-refractivity contribution in [3.8, 4) is 0 Å². The first kappa shape index (κ1) is 19.7. The molecule has 2 rings (SSSR count). The summed E-state index contributed by atoms with van der Waals surface area (Å²) in [5.74, 6) is 0.715. The Morgan fingerprint density at radius 1 is 1.38 bits per heavy atom. The molecule has 1 aromatic carbocycles. The molecule has 0 radical (unpaired) electrons. The number of aromatic nitrogens is 2. The Morgan fingerprint density at radius 3 is 2.67 bits per heavy atom. The smallest absolute Gasteiger partial charge is 0.237 e. The monoisotopic (exact) mass is 332 g/mol. The quantitative estimate of drug-likeness (QED) is 0.881. The van der Waals surface area contributed by atoms with Crippen LogP contribution >= 0.6 is 24.8 Å². The highest BCUT2D eigenvalue weighted by Gasteiger charge is 2.13. The van der Waals surface area contributed by atoms with Crippen LogP contribution in [0.2, 0.25) is 0 Å². The molecule has 0 spiro atoms. The normalized spacial score (nSPS) is 11.4. The molecule has 1 aromatic heterocycles. The fourth-order valence-corrected chi connectivity index (χ4v) is 2.09. The average molecular weight is 333 g/mol. The first-order valence-electron chi connectivity index (χ1n) is 6.57. The highest BCUT2D eigenvalue weighted by Crippen LogP contribution is 2.13. The van der Waals surface area contributed by atoms with Crippen LogP contribution in [0.25, 0.3) is 11.0 Å². The summed E-state index contributed by atoms with van der Waals surface area (Å²) in [4.78, 5) is 16.3. The van der Waals surface area contributed by atoms with E-state index in [0.717, 1.165) is 23.3 Å². The van der Waals surface area contributed by atoms with Crippen molar-refractivity contribution in [2.24, 2.45) is 12.8 Å². The molecule has 2 aromatic rings. The van der Waals surface area contributed by atoms with Gasteiger partial charge in [-0.2, -0.15) is 0 Å². The summed E-state index contributed by atoms with van der Waals surface area (Å²) in [5, 5.41) is 2.84. The van der Waals surface area contributed by atoms with Crippen LogP contribution in [-0.4, -0.2) is 21.5 Å². The highest BCUT2D eigenvalue weighted by molar-refractivity contribution is 5.85. The van der Waals surface area contributed by atoms with Gasteiger partial charge in [0.15, 0.2) is 0 Å². The SMILES string of the molecule is CCCC(N)C(=O)NCc1nc2ccccc2n1C.Cl.Cl. The van der Waals surface area contributed by atoms with Gasteiger partial charge in [-0.25, -0.2) is 4.98 Å². The predicted molar refractivity (Wildman–Crippen MR) is 89.9 cm³/mol. The molecular formula is C14H22Cl2N4O. The van der Waals surface area contributed by atoms with Crippen molar-refractivity contribution in [3.05, 3.63) is 30.1 Å². The number of benzene rings is 1. The maximum Gasteiger partial charge on any atom is 0.237 e. The maximum atomic E-state index is 11.8. The summed E-state index contributed by atoms with van der Waals surface area (Å²) < 4.78 is 1.99. The fraction of sp³-hybridized carbons (Fsp3) is 0.429. The molecular weight excluding hydrogens is 311 g/mol. The molecule has 7 heteroatoms. The number of para-hydroxylation sites is 2. The van der Waals surface area contributed by atoms with Gasteiger partial charge in [0.1, 0.15) is 5.82 Å². The molecule has 0 aliphatic heterocycles. The molecule has 118 valence electrons. The molecule has 1 unspecified atom stereocenters. The number of rotatable bonds is 5. The van der Waals surface area contributed by atoms with Crippen molar-refractivity contribution >= 4 is 41.8 Å². The number of nitrogens with one attached hydrogen (secondary N) is 1. The minimum absolute atomic E-state index is 0. The van der Waals surface area contributed by atoms with Crippen LogP contribution in [0.1, 0.15) is 25.6 Å². The van der Waals surface area contributed by atoms with Crippen molar-refractivity contribution in [1.82, 2.24) is 14.9 Å². The third-order valence-corrected chi connectivity index (χ3v) is 3.24. The summed E-state index contributed by atoms with van der Waals surface area (Å²) in [6.07, 6.45) is 1.61. The number of fused-ring (bicyclic) bond motifs is 1. The molecule has 0 bridgehead atoms. The van der Waals surface area contributed by atoms with Crippen molar-refractivity contribution in [3.63, 3.8) is 0 Å². The summed E-state index contributed by atoms with van der Waals surface area (Å²) in [7, 11) is 1.95. The van der Waals surface area contributed by atoms with Gasteiger partial charge in [-0.3, -0.25) is 4.79 Å². The fourth-order valence-electron chi connectivity index (χ4n) is 2.09. The molecule has 0 saturated heterocycles. The Hall–Kier alpha value is -1.30. The lowest BCUT2D eigenvalue weighted by atomic mass is 10.2. The molecule has 1 heterocycles. The number of carbonyl (C=O) groups excluding carboxylic acids is 1. The van der Waals surface area contributed by atoms with E-state index < -0.39 is 6.04 Å². The molecule has 0 aliphatic carbocycles. The minimum Gasteiger partial charge on any atom is -0.348 e. The molecule has 21 heavy (non-hydrogen) atoms. The number of imidazole rings is 1. The van der Waals surface area contributed by atoms with Crippen LogP contribution < -0.4 is 11.1 Å². The van der Waals surface area contributed by atoms with E-state index in [1.54, 1.807) is 0 Å². The number of nitrogens with zero attached hydrogens (tertiary/aromatic N) is 2. The predicted octanol–water partition coefficient (Wildman–Crippen LogP) is 2.16. The van der Waals surface area contributed by atoms with Crippen molar-refractivity contribution in [2.45, 2.75) is 32.4 Å². The largest absolute Gasteiger partial charge is 0.348 e. The topological polar surface area (TPSA) is 72.9 Å². The van der Waals surface area contributed by atoms with Crippen molar-refractivity contribution in [2.75, 3.05) is 0 Å². The molecule has 1 amide bonds. The van der Waals surface area contributed by atoms with E-state index in [4.69, 9.17) is 5.73 Å². The Balaban J connectivity index is 0.00000200. The maximum absolute atomic E-state index is 11.8. The summed E-state index contributed by atoms with van der Waals surface area (Å²) in [5.41, 5.74) is 7.76. The number of aryl methyl sites for hydroxylation is 1. The van der Waals surface area contributed by atoms with Crippen molar-refractivity contribution < 1.29 is 4.79 Å². The molecule has 5 nitrogen and oxygen atoms in total. The molecule has 1 atom stereocenters. The second kappa shape index (κ2) is 8.87. The van der Waals surface area contributed by atoms with Gasteiger partial charge >= 0.3 is 0 Å². The first-order valence-corrected chi connectivity index (χ1v) is 6.57. The number of halogens is 2. The Labute approximate surface area is 137 Å². The number of hydrogen-bond acceptors (Lipinski definition) is 3. The summed E-state index contributed by atoms with van der Waals surface area (Å²) in [6.45, 7) is 2.42. The Morgan fingerprint density at radius 2 is 2.05 bits per heavy atom. The second-order valence-corrected chi connectivity index (χ2v) is 4.69. The van der Waals surface area contributed by atoms with Crippen LogP contribution in [0, 0.1) is 0 Å². The zero-order chi connectivity index (χ0) is 13.8. The van der Waals surface area contributed by atoms with Gasteiger partial charge in [0, 0.05) is 7.05 Å². The number of nitrogens with two attached hydrogens (primary N) is 1. The van der Waals surface area contributed by atoms with Crippen molar-refractivity contribution in [1.29, 1.82) is 0 Å². The Kier molecular flexibility index (Phi) is 8.32. The third kappa shape index (κ3) is 4.59. The number of hydrogen-bond donors (Lipinski definition) is 2. The molecule has 0 aliphatic rings. The zero-order valence-electron chi connectivity index (χ0n) is 12.2. The number of amides is 1. The summed E-state index contributed by atoms with van der Waals surface area (Å²) >= 11 is 0. The minimum atomic E-state index is -0.431. The van der Waals surface area contributed by atoms with Crippen LogP contribution in [0.15, 0.2) is 24.3 Å². The standard InChI is InChI=1S/C14H20N4O.2ClH/c1-3-6-10(15)14(19)16-9-13-17-11-7-4-5-8-12(11)18(13)2;;/h4-5,7-8,10H,3,6,9,15H2,1-2H3,(H,16,19);2*1H. The van der Waals surface area contributed by atoms with Gasteiger partial charge in [0.05, 0.1) is 23.6 Å². The second-order valence-electron chi connectivity index (χ2n) is 4.69. The van der Waals surface area contributed by atoms with E-state index in [2.05, 4.69) is 10.3 Å². The van der Waals surface area contributed by atoms with Crippen LogP contribution in [0.3, 0.4) is 0 Å². The van der Waals surface area contributed by atoms with E-state index in [-0.39, 0.29) is 30.7 Å². The lowest BCUT2D eigenvalue weighted by Crippen LogP contribution is -2.40. The van der Waals surface area contributed by atoms with E-state index in [1.807, 2.05) is 42.8 Å². The molecule has 3 N–H and O–H groups in total. The van der Waals surface area contributed by atoms with E-state index in [0.29, 0.717) is 13.0 Å². The van der Waals surface area contributed by atoms with Crippen LogP contribution in [0.5, 0.6) is 0 Å². The van der Waals surface area contributed by atoms with Crippen LogP contribution in [-0.2, 0) is 18.4 Å². The summed E-state index contributed by atoms with van der Waals surface area (Å²) in [6, 6.07) is 7.47. The van der Waals surface area contributed by atoms with Gasteiger partial charge in [0.2, 0.25) is 5.91 Å². The van der Waals surface area contributed by atoms with E-state index >= 15 is 0 Å².